The number of benzene rings is 3. The highest BCUT2D eigenvalue weighted by molar-refractivity contribution is 5.94. The monoisotopic (exact) mass is 443 g/mol. The maximum atomic E-state index is 13.8. The molecule has 1 N–H and O–H groups in total. The van der Waals surface area contributed by atoms with Crippen LogP contribution in [0.1, 0.15) is 49.9 Å². The molecule has 0 aliphatic heterocycles. The molecule has 0 aromatic heterocycles. The third-order valence-electron chi connectivity index (χ3n) is 6.21. The average molecular weight is 444 g/mol. The van der Waals surface area contributed by atoms with Gasteiger partial charge >= 0.3 is 5.97 Å². The quantitative estimate of drug-likeness (QED) is 0.511. The number of nitrogens with one attached hydrogen (secondary N) is 1. The summed E-state index contributed by atoms with van der Waals surface area (Å²) in [6, 6.07) is 26.6. The predicted molar refractivity (Wildman–Crippen MR) is 132 cm³/mol. The topological polar surface area (TPSA) is 55.4 Å². The number of rotatable bonds is 7. The Morgan fingerprint density at radius 3 is 1.67 bits per heavy atom. The SMILES string of the molecule is COC(=O)[C@@H](Cc1ccc(C(C)(C)C)cc1)NC(=O)C(C)(c1ccccc1)c1ccccc1. The Morgan fingerprint density at radius 1 is 0.758 bits per heavy atom. The van der Waals surface area contributed by atoms with Gasteiger partial charge in [0.15, 0.2) is 0 Å². The van der Waals surface area contributed by atoms with E-state index in [0.717, 1.165) is 16.7 Å². The molecule has 3 aromatic carbocycles. The van der Waals surface area contributed by atoms with Gasteiger partial charge in [-0.1, -0.05) is 106 Å². The molecule has 0 saturated heterocycles. The first-order chi connectivity index (χ1) is 15.7. The van der Waals surface area contributed by atoms with E-state index >= 15 is 0 Å². The Bertz CT molecular complexity index is 1030. The second-order valence-electron chi connectivity index (χ2n) is 9.56. The van der Waals surface area contributed by atoms with Gasteiger partial charge in [-0.05, 0) is 34.6 Å². The Hall–Kier alpha value is -3.40. The van der Waals surface area contributed by atoms with E-state index in [1.54, 1.807) is 0 Å². The van der Waals surface area contributed by atoms with Crippen LogP contribution >= 0.6 is 0 Å². The van der Waals surface area contributed by atoms with Crippen LogP contribution < -0.4 is 5.32 Å². The number of amides is 1. The van der Waals surface area contributed by atoms with Crippen LogP contribution in [0.3, 0.4) is 0 Å². The van der Waals surface area contributed by atoms with Gasteiger partial charge in [-0.15, -0.1) is 0 Å². The molecule has 172 valence electrons. The largest absolute Gasteiger partial charge is 0.467 e. The molecule has 4 nitrogen and oxygen atoms in total. The normalized spacial score (nSPS) is 12.6. The zero-order valence-electron chi connectivity index (χ0n) is 20.1. The fourth-order valence-electron chi connectivity index (χ4n) is 3.99. The van der Waals surface area contributed by atoms with Crippen LogP contribution in [0.5, 0.6) is 0 Å². The maximum absolute atomic E-state index is 13.8. The molecule has 1 amide bonds. The number of esters is 1. The van der Waals surface area contributed by atoms with Crippen molar-refractivity contribution in [3.05, 3.63) is 107 Å². The summed E-state index contributed by atoms with van der Waals surface area (Å²) < 4.78 is 5.03. The highest BCUT2D eigenvalue weighted by Crippen LogP contribution is 2.32. The molecule has 0 radical (unpaired) electrons. The number of methoxy groups -OCH3 is 1. The van der Waals surface area contributed by atoms with Crippen molar-refractivity contribution in [2.24, 2.45) is 0 Å². The van der Waals surface area contributed by atoms with Crippen LogP contribution in [0.25, 0.3) is 0 Å². The minimum atomic E-state index is -0.967. The fraction of sp³-hybridized carbons (Fsp3) is 0.310. The van der Waals surface area contributed by atoms with Crippen molar-refractivity contribution in [3.63, 3.8) is 0 Å². The van der Waals surface area contributed by atoms with E-state index < -0.39 is 17.4 Å². The van der Waals surface area contributed by atoms with Crippen LogP contribution in [0, 0.1) is 0 Å². The Balaban J connectivity index is 1.91. The van der Waals surface area contributed by atoms with Crippen molar-refractivity contribution >= 4 is 11.9 Å². The van der Waals surface area contributed by atoms with Crippen molar-refractivity contribution < 1.29 is 14.3 Å². The summed E-state index contributed by atoms with van der Waals surface area (Å²) in [6.07, 6.45) is 0.350. The number of ether oxygens (including phenoxy) is 1. The lowest BCUT2D eigenvalue weighted by atomic mass is 9.75. The van der Waals surface area contributed by atoms with E-state index in [-0.39, 0.29) is 11.3 Å². The van der Waals surface area contributed by atoms with Gasteiger partial charge in [0.2, 0.25) is 5.91 Å². The Kier molecular flexibility index (Phi) is 7.37. The molecule has 33 heavy (non-hydrogen) atoms. The predicted octanol–water partition coefficient (Wildman–Crippen LogP) is 5.19. The molecular weight excluding hydrogens is 410 g/mol. The lowest BCUT2D eigenvalue weighted by molar-refractivity contribution is -0.145. The zero-order valence-corrected chi connectivity index (χ0v) is 20.1. The van der Waals surface area contributed by atoms with Crippen molar-refractivity contribution in [1.82, 2.24) is 5.32 Å². The average Bonchev–Trinajstić information content (AvgIpc) is 2.83. The molecule has 0 aliphatic rings. The van der Waals surface area contributed by atoms with Gasteiger partial charge in [0.05, 0.1) is 12.5 Å². The Morgan fingerprint density at radius 2 is 1.24 bits per heavy atom. The first-order valence-corrected chi connectivity index (χ1v) is 11.3. The van der Waals surface area contributed by atoms with E-state index in [4.69, 9.17) is 4.74 Å². The molecule has 0 unspecified atom stereocenters. The fourth-order valence-corrected chi connectivity index (χ4v) is 3.99. The minimum absolute atomic E-state index is 0.0433. The first kappa shape index (κ1) is 24.2. The Labute approximate surface area is 197 Å². The molecule has 0 fully saturated rings. The molecular formula is C29H33NO3. The van der Waals surface area contributed by atoms with Gasteiger partial charge < -0.3 is 10.1 Å². The molecule has 0 aliphatic carbocycles. The lowest BCUT2D eigenvalue weighted by Gasteiger charge is -2.31. The summed E-state index contributed by atoms with van der Waals surface area (Å²) in [4.78, 5) is 26.4. The zero-order chi connectivity index (χ0) is 24.1. The smallest absolute Gasteiger partial charge is 0.328 e. The number of hydrogen-bond donors (Lipinski definition) is 1. The summed E-state index contributed by atoms with van der Waals surface area (Å²) in [5, 5.41) is 2.99. The molecule has 0 spiro atoms. The molecule has 0 bridgehead atoms. The highest BCUT2D eigenvalue weighted by atomic mass is 16.5. The second-order valence-corrected chi connectivity index (χ2v) is 9.56. The number of carbonyl (C=O) groups is 2. The van der Waals surface area contributed by atoms with Crippen LogP contribution in [0.4, 0.5) is 0 Å². The molecule has 1 atom stereocenters. The van der Waals surface area contributed by atoms with Gasteiger partial charge in [0.25, 0.3) is 0 Å². The van der Waals surface area contributed by atoms with E-state index in [1.165, 1.54) is 12.7 Å². The van der Waals surface area contributed by atoms with Gasteiger partial charge in [0.1, 0.15) is 6.04 Å². The van der Waals surface area contributed by atoms with Crippen molar-refractivity contribution in [3.8, 4) is 0 Å². The van der Waals surface area contributed by atoms with Crippen LogP contribution in [-0.4, -0.2) is 25.0 Å². The summed E-state index contributed by atoms with van der Waals surface area (Å²) in [5.74, 6) is -0.715. The first-order valence-electron chi connectivity index (χ1n) is 11.3. The molecule has 3 aromatic rings. The van der Waals surface area contributed by atoms with Gasteiger partial charge in [-0.25, -0.2) is 4.79 Å². The van der Waals surface area contributed by atoms with Gasteiger partial charge in [-0.2, -0.15) is 0 Å². The summed E-state index contributed by atoms with van der Waals surface area (Å²) in [6.45, 7) is 8.37. The summed E-state index contributed by atoms with van der Waals surface area (Å²) in [5.41, 5.74) is 2.95. The third-order valence-corrected chi connectivity index (χ3v) is 6.21. The summed E-state index contributed by atoms with van der Waals surface area (Å²) >= 11 is 0. The molecule has 3 rings (SSSR count). The van der Waals surface area contributed by atoms with E-state index in [1.807, 2.05) is 79.7 Å². The maximum Gasteiger partial charge on any atom is 0.328 e. The third kappa shape index (κ3) is 5.51. The van der Waals surface area contributed by atoms with Crippen LogP contribution in [0.2, 0.25) is 0 Å². The van der Waals surface area contributed by atoms with Crippen molar-refractivity contribution in [1.29, 1.82) is 0 Å². The standard InChI is InChI=1S/C29H33NO3/c1-28(2,3)22-18-16-21(17-19-22)20-25(26(31)33-5)30-27(32)29(4,23-12-8-6-9-13-23)24-14-10-7-11-15-24/h6-19,25H,20H2,1-5H3,(H,30,32)/t25-/m1/s1. The number of carbonyl (C=O) groups excluding carboxylic acids is 2. The molecule has 0 saturated carbocycles. The summed E-state index contributed by atoms with van der Waals surface area (Å²) in [7, 11) is 1.35. The minimum Gasteiger partial charge on any atom is -0.467 e. The molecule has 4 heteroatoms. The lowest BCUT2D eigenvalue weighted by Crippen LogP contribution is -2.51. The van der Waals surface area contributed by atoms with Crippen molar-refractivity contribution in [2.45, 2.75) is 51.0 Å². The van der Waals surface area contributed by atoms with Crippen molar-refractivity contribution in [2.75, 3.05) is 7.11 Å². The van der Waals surface area contributed by atoms with Crippen LogP contribution in [-0.2, 0) is 31.6 Å². The second kappa shape index (κ2) is 10.0. The van der Waals surface area contributed by atoms with Crippen LogP contribution in [0.15, 0.2) is 84.9 Å². The van der Waals surface area contributed by atoms with Gasteiger partial charge in [-0.3, -0.25) is 4.79 Å². The van der Waals surface area contributed by atoms with E-state index in [9.17, 15) is 9.59 Å². The molecule has 0 heterocycles. The highest BCUT2D eigenvalue weighted by Gasteiger charge is 2.39. The van der Waals surface area contributed by atoms with E-state index in [0.29, 0.717) is 6.42 Å². The number of hydrogen-bond acceptors (Lipinski definition) is 3. The van der Waals surface area contributed by atoms with E-state index in [2.05, 4.69) is 38.2 Å². The van der Waals surface area contributed by atoms with Gasteiger partial charge in [0, 0.05) is 6.42 Å².